The van der Waals surface area contributed by atoms with Crippen LogP contribution >= 0.6 is 0 Å². The summed E-state index contributed by atoms with van der Waals surface area (Å²) in [6, 6.07) is 0. The molecule has 0 aromatic carbocycles. The normalized spacial score (nSPS) is 21.4. The van der Waals surface area contributed by atoms with Crippen LogP contribution < -0.4 is 5.32 Å². The molecule has 0 aromatic rings. The molecule has 1 rings (SSSR count). The van der Waals surface area contributed by atoms with Crippen molar-refractivity contribution in [1.29, 1.82) is 0 Å². The molecule has 0 aromatic heterocycles. The van der Waals surface area contributed by atoms with Gasteiger partial charge in [0.1, 0.15) is 0 Å². The molecule has 1 saturated heterocycles. The first-order valence-electron chi connectivity index (χ1n) is 2.12. The third kappa shape index (κ3) is 1.16. The van der Waals surface area contributed by atoms with Crippen molar-refractivity contribution in [3.05, 3.63) is 6.61 Å². The Morgan fingerprint density at radius 3 is 3.00 bits per heavy atom. The monoisotopic (exact) mass is 100 g/mol. The minimum absolute atomic E-state index is 0.133. The van der Waals surface area contributed by atoms with Crippen molar-refractivity contribution in [3.8, 4) is 0 Å². The molecular formula is C4H6NO2. The number of carbonyl (C=O) groups excluding carboxylic acids is 1. The van der Waals surface area contributed by atoms with Crippen LogP contribution in [0, 0.1) is 6.61 Å². The molecule has 1 fully saturated rings. The fourth-order valence-corrected chi connectivity index (χ4v) is 0.409. The van der Waals surface area contributed by atoms with Gasteiger partial charge in [0.05, 0.1) is 6.61 Å². The van der Waals surface area contributed by atoms with E-state index in [4.69, 9.17) is 0 Å². The lowest BCUT2D eigenvalue weighted by atomic mass is 10.5. The Labute approximate surface area is 41.7 Å². The van der Waals surface area contributed by atoms with E-state index >= 15 is 0 Å². The molecule has 1 heterocycles. The summed E-state index contributed by atoms with van der Waals surface area (Å²) in [5, 5.41) is 2.56. The van der Waals surface area contributed by atoms with Gasteiger partial charge in [-0.15, -0.1) is 0 Å². The average Bonchev–Trinajstić information content (AvgIpc) is 1.69. The van der Waals surface area contributed by atoms with Gasteiger partial charge in [-0.25, -0.2) is 0 Å². The highest BCUT2D eigenvalue weighted by molar-refractivity contribution is 5.83. The van der Waals surface area contributed by atoms with Gasteiger partial charge in [0.25, 0.3) is 5.91 Å². The lowest BCUT2D eigenvalue weighted by Crippen LogP contribution is -2.33. The minimum Gasteiger partial charge on any atom is -0.363 e. The summed E-state index contributed by atoms with van der Waals surface area (Å²) in [5.74, 6) is -0.133. The minimum atomic E-state index is -0.133. The summed E-state index contributed by atoms with van der Waals surface area (Å²) in [5.41, 5.74) is 0. The zero-order chi connectivity index (χ0) is 5.11. The maximum absolute atomic E-state index is 10.2. The van der Waals surface area contributed by atoms with Crippen molar-refractivity contribution < 1.29 is 9.53 Å². The fourth-order valence-electron chi connectivity index (χ4n) is 0.409. The quantitative estimate of drug-likeness (QED) is 0.437. The van der Waals surface area contributed by atoms with Gasteiger partial charge < -0.3 is 10.1 Å². The topological polar surface area (TPSA) is 38.3 Å². The first kappa shape index (κ1) is 4.59. The molecule has 1 radical (unpaired) electrons. The Morgan fingerprint density at radius 2 is 2.71 bits per heavy atom. The average molecular weight is 100 g/mol. The lowest BCUT2D eigenvalue weighted by molar-refractivity contribution is -0.124. The van der Waals surface area contributed by atoms with E-state index in [0.717, 1.165) is 0 Å². The van der Waals surface area contributed by atoms with E-state index in [0.29, 0.717) is 13.2 Å². The largest absolute Gasteiger partial charge is 0.363 e. The molecule has 39 valence electrons. The Kier molecular flexibility index (Phi) is 1.26. The molecule has 1 aliphatic heterocycles. The van der Waals surface area contributed by atoms with Crippen LogP contribution in [0.25, 0.3) is 0 Å². The summed E-state index contributed by atoms with van der Waals surface area (Å²) in [7, 11) is 0. The molecule has 0 bridgehead atoms. The van der Waals surface area contributed by atoms with Crippen LogP contribution in [0.1, 0.15) is 0 Å². The molecule has 3 nitrogen and oxygen atoms in total. The van der Waals surface area contributed by atoms with Crippen LogP contribution in [-0.4, -0.2) is 19.1 Å². The zero-order valence-electron chi connectivity index (χ0n) is 3.81. The van der Waals surface area contributed by atoms with Crippen molar-refractivity contribution >= 4 is 5.91 Å². The molecule has 0 saturated carbocycles. The van der Waals surface area contributed by atoms with Crippen molar-refractivity contribution in [2.45, 2.75) is 0 Å². The Morgan fingerprint density at radius 1 is 1.86 bits per heavy atom. The van der Waals surface area contributed by atoms with Gasteiger partial charge in [-0.05, 0) is 0 Å². The van der Waals surface area contributed by atoms with E-state index in [-0.39, 0.29) is 5.91 Å². The standard InChI is InChI=1S/C4H6NO2/c6-4-3-7-2-1-5-4/h3H,1-2H2,(H,5,6). The Hall–Kier alpha value is -0.570. The Bertz CT molecular complexity index is 73.8. The van der Waals surface area contributed by atoms with Gasteiger partial charge in [-0.1, -0.05) is 0 Å². The summed E-state index contributed by atoms with van der Waals surface area (Å²) < 4.78 is 4.64. The second-order valence-electron chi connectivity index (χ2n) is 1.28. The van der Waals surface area contributed by atoms with Crippen LogP contribution in [-0.2, 0) is 9.53 Å². The van der Waals surface area contributed by atoms with E-state index in [1.54, 1.807) is 0 Å². The predicted molar refractivity (Wildman–Crippen MR) is 23.3 cm³/mol. The number of morpholine rings is 1. The van der Waals surface area contributed by atoms with E-state index in [9.17, 15) is 4.79 Å². The van der Waals surface area contributed by atoms with Crippen molar-refractivity contribution in [3.63, 3.8) is 0 Å². The van der Waals surface area contributed by atoms with E-state index < -0.39 is 0 Å². The summed E-state index contributed by atoms with van der Waals surface area (Å²) in [6.45, 7) is 2.42. The number of nitrogens with one attached hydrogen (secondary N) is 1. The van der Waals surface area contributed by atoms with E-state index in [1.807, 2.05) is 0 Å². The third-order valence-corrected chi connectivity index (χ3v) is 0.710. The molecular weight excluding hydrogens is 94.0 g/mol. The predicted octanol–water partition coefficient (Wildman–Crippen LogP) is -0.705. The smallest absolute Gasteiger partial charge is 0.252 e. The van der Waals surface area contributed by atoms with Crippen LogP contribution in [0.5, 0.6) is 0 Å². The first-order chi connectivity index (χ1) is 3.39. The molecule has 3 heteroatoms. The highest BCUT2D eigenvalue weighted by atomic mass is 16.5. The maximum atomic E-state index is 10.2. The summed E-state index contributed by atoms with van der Waals surface area (Å²) >= 11 is 0. The van der Waals surface area contributed by atoms with E-state index in [1.165, 1.54) is 6.61 Å². The van der Waals surface area contributed by atoms with Crippen LogP contribution in [0.2, 0.25) is 0 Å². The second kappa shape index (κ2) is 1.93. The van der Waals surface area contributed by atoms with Crippen molar-refractivity contribution in [2.24, 2.45) is 0 Å². The number of rotatable bonds is 0. The van der Waals surface area contributed by atoms with Gasteiger partial charge in [0.15, 0.2) is 6.61 Å². The second-order valence-corrected chi connectivity index (χ2v) is 1.28. The SMILES string of the molecule is O=C1[CH]OCCN1. The van der Waals surface area contributed by atoms with Gasteiger partial charge in [-0.3, -0.25) is 4.79 Å². The number of ether oxygens (including phenoxy) is 1. The molecule has 0 aliphatic carbocycles. The number of amides is 1. The number of carbonyl (C=O) groups is 1. The third-order valence-electron chi connectivity index (χ3n) is 0.710. The molecule has 7 heavy (non-hydrogen) atoms. The molecule has 0 spiro atoms. The molecule has 0 unspecified atom stereocenters. The zero-order valence-corrected chi connectivity index (χ0v) is 3.81. The lowest BCUT2D eigenvalue weighted by Gasteiger charge is -2.09. The van der Waals surface area contributed by atoms with Gasteiger partial charge in [-0.2, -0.15) is 0 Å². The molecule has 1 aliphatic rings. The van der Waals surface area contributed by atoms with Gasteiger partial charge in [0.2, 0.25) is 0 Å². The van der Waals surface area contributed by atoms with E-state index in [2.05, 4.69) is 10.1 Å². The molecule has 0 atom stereocenters. The molecule has 1 amide bonds. The van der Waals surface area contributed by atoms with Crippen LogP contribution in [0.3, 0.4) is 0 Å². The first-order valence-corrected chi connectivity index (χ1v) is 2.12. The van der Waals surface area contributed by atoms with Crippen LogP contribution in [0.4, 0.5) is 0 Å². The van der Waals surface area contributed by atoms with Gasteiger partial charge in [0, 0.05) is 6.54 Å². The molecule has 1 N–H and O–H groups in total. The highest BCUT2D eigenvalue weighted by Gasteiger charge is 2.05. The van der Waals surface area contributed by atoms with Gasteiger partial charge >= 0.3 is 0 Å². The van der Waals surface area contributed by atoms with Crippen molar-refractivity contribution in [2.75, 3.05) is 13.2 Å². The summed E-state index contributed by atoms with van der Waals surface area (Å²) in [6.07, 6.45) is 0. The fraction of sp³-hybridized carbons (Fsp3) is 0.500. The van der Waals surface area contributed by atoms with Crippen molar-refractivity contribution in [1.82, 2.24) is 5.32 Å². The Balaban J connectivity index is 2.25. The summed E-state index contributed by atoms with van der Waals surface area (Å²) in [4.78, 5) is 10.2. The number of hydrogen-bond donors (Lipinski definition) is 1. The maximum Gasteiger partial charge on any atom is 0.252 e. The van der Waals surface area contributed by atoms with Crippen LogP contribution in [0.15, 0.2) is 0 Å². The number of hydrogen-bond acceptors (Lipinski definition) is 2. The highest BCUT2D eigenvalue weighted by Crippen LogP contribution is 1.85.